The summed E-state index contributed by atoms with van der Waals surface area (Å²) in [7, 11) is 0. The number of carbonyl (C=O) groups excluding carboxylic acids is 1. The highest BCUT2D eigenvalue weighted by Gasteiger charge is 2.22. The van der Waals surface area contributed by atoms with Crippen LogP contribution >= 0.6 is 11.3 Å². The summed E-state index contributed by atoms with van der Waals surface area (Å²) < 4.78 is 1.12. The molecule has 0 aliphatic carbocycles. The number of anilines is 1. The van der Waals surface area contributed by atoms with Crippen LogP contribution in [0.4, 0.5) is 5.13 Å². The van der Waals surface area contributed by atoms with Crippen LogP contribution in [-0.2, 0) is 0 Å². The topological polar surface area (TPSA) is 36.4 Å². The predicted octanol–water partition coefficient (Wildman–Crippen LogP) is 6.57. The fourth-order valence-corrected chi connectivity index (χ4v) is 5.04. The van der Waals surface area contributed by atoms with E-state index < -0.39 is 0 Å². The average Bonchev–Trinajstić information content (AvgIpc) is 3.29. The molecule has 33 heavy (non-hydrogen) atoms. The van der Waals surface area contributed by atoms with Crippen LogP contribution in [0.3, 0.4) is 0 Å². The summed E-state index contributed by atoms with van der Waals surface area (Å²) in [4.78, 5) is 22.8. The molecule has 0 radical (unpaired) electrons. The Morgan fingerprint density at radius 2 is 1.52 bits per heavy atom. The van der Waals surface area contributed by atoms with Crippen molar-refractivity contribution in [1.29, 1.82) is 0 Å². The zero-order valence-electron chi connectivity index (χ0n) is 19.8. The first-order valence-electron chi connectivity index (χ1n) is 11.6. The Morgan fingerprint density at radius 3 is 2.18 bits per heavy atom. The highest BCUT2D eigenvalue weighted by atomic mass is 32.1. The molecule has 170 valence electrons. The monoisotopic (exact) mass is 457 g/mol. The number of amides is 1. The normalized spacial score (nSPS) is 11.3. The van der Waals surface area contributed by atoms with Gasteiger partial charge >= 0.3 is 0 Å². The van der Waals surface area contributed by atoms with Gasteiger partial charge in [0.15, 0.2) is 5.13 Å². The lowest BCUT2D eigenvalue weighted by Gasteiger charge is -2.24. The minimum absolute atomic E-state index is 0.00445. The maximum absolute atomic E-state index is 13.7. The number of nitrogens with zero attached hydrogens (tertiary/aromatic N) is 3. The zero-order chi connectivity index (χ0) is 23.4. The lowest BCUT2D eigenvalue weighted by molar-refractivity contribution is 0.0984. The molecule has 4 rings (SSSR count). The fourth-order valence-electron chi connectivity index (χ4n) is 3.99. The molecule has 5 heteroatoms. The second-order valence-electron chi connectivity index (χ2n) is 8.28. The minimum Gasteiger partial charge on any atom is -0.302 e. The molecule has 0 bridgehead atoms. The Bertz CT molecular complexity index is 1230. The van der Waals surface area contributed by atoms with Gasteiger partial charge in [0.2, 0.25) is 0 Å². The minimum atomic E-state index is -0.00445. The van der Waals surface area contributed by atoms with E-state index in [-0.39, 0.29) is 5.91 Å². The average molecular weight is 458 g/mol. The highest BCUT2D eigenvalue weighted by Crippen LogP contribution is 2.33. The van der Waals surface area contributed by atoms with Gasteiger partial charge in [0.1, 0.15) is 0 Å². The molecule has 0 saturated heterocycles. The quantitative estimate of drug-likeness (QED) is 0.300. The first-order valence-corrected chi connectivity index (χ1v) is 12.4. The Kier molecular flexibility index (Phi) is 7.21. The van der Waals surface area contributed by atoms with Crippen LogP contribution in [-0.4, -0.2) is 42.0 Å². The third kappa shape index (κ3) is 5.00. The molecule has 1 aromatic heterocycles. The number of aryl methyl sites for hydroxylation is 2. The largest absolute Gasteiger partial charge is 0.302 e. The number of hydrogen-bond acceptors (Lipinski definition) is 4. The van der Waals surface area contributed by atoms with E-state index in [2.05, 4.69) is 56.9 Å². The van der Waals surface area contributed by atoms with Crippen molar-refractivity contribution >= 4 is 32.6 Å². The molecule has 0 aliphatic rings. The second-order valence-corrected chi connectivity index (χ2v) is 9.29. The van der Waals surface area contributed by atoms with Crippen molar-refractivity contribution in [1.82, 2.24) is 9.88 Å². The van der Waals surface area contributed by atoms with E-state index >= 15 is 0 Å². The van der Waals surface area contributed by atoms with Gasteiger partial charge in [0, 0.05) is 18.7 Å². The van der Waals surface area contributed by atoms with E-state index in [0.717, 1.165) is 46.1 Å². The van der Waals surface area contributed by atoms with Crippen molar-refractivity contribution < 1.29 is 4.79 Å². The van der Waals surface area contributed by atoms with Crippen molar-refractivity contribution in [3.05, 3.63) is 83.4 Å². The number of fused-ring (bicyclic) bond motifs is 1. The molecule has 4 aromatic rings. The van der Waals surface area contributed by atoms with E-state index in [0.29, 0.717) is 12.1 Å². The molecule has 4 nitrogen and oxygen atoms in total. The van der Waals surface area contributed by atoms with Gasteiger partial charge < -0.3 is 4.90 Å². The summed E-state index contributed by atoms with van der Waals surface area (Å²) in [5.74, 6) is -0.00445. The molecule has 0 atom stereocenters. The molecule has 0 fully saturated rings. The van der Waals surface area contributed by atoms with Gasteiger partial charge in [-0.25, -0.2) is 4.98 Å². The van der Waals surface area contributed by atoms with Crippen LogP contribution in [0.25, 0.3) is 21.3 Å². The van der Waals surface area contributed by atoms with E-state index in [1.165, 1.54) is 11.1 Å². The Balaban J connectivity index is 1.67. The molecular weight excluding hydrogens is 426 g/mol. The summed E-state index contributed by atoms with van der Waals surface area (Å²) in [5.41, 5.74) is 6.33. The van der Waals surface area contributed by atoms with Crippen LogP contribution in [0.1, 0.15) is 35.3 Å². The third-order valence-corrected chi connectivity index (χ3v) is 7.37. The van der Waals surface area contributed by atoms with Gasteiger partial charge in [-0.15, -0.1) is 0 Å². The van der Waals surface area contributed by atoms with Crippen molar-refractivity contribution in [3.63, 3.8) is 0 Å². The number of thiazole rings is 1. The first kappa shape index (κ1) is 23.1. The zero-order valence-corrected chi connectivity index (χ0v) is 20.7. The number of benzene rings is 3. The molecule has 1 amide bonds. The van der Waals surface area contributed by atoms with Gasteiger partial charge in [-0.3, -0.25) is 9.69 Å². The van der Waals surface area contributed by atoms with Gasteiger partial charge in [0.05, 0.1) is 10.2 Å². The number of aromatic nitrogens is 1. The van der Waals surface area contributed by atoms with Gasteiger partial charge in [-0.05, 0) is 67.4 Å². The SMILES string of the molecule is CCN(CC)CCN(C(=O)c1ccc(-c2ccccc2)cc1)c1nc2c(C)c(C)ccc2s1. The van der Waals surface area contributed by atoms with Crippen LogP contribution in [0.5, 0.6) is 0 Å². The van der Waals surface area contributed by atoms with Crippen molar-refractivity contribution in [2.24, 2.45) is 0 Å². The van der Waals surface area contributed by atoms with Crippen molar-refractivity contribution in [2.45, 2.75) is 27.7 Å². The molecule has 3 aromatic carbocycles. The Labute approximate surface area is 200 Å². The summed E-state index contributed by atoms with van der Waals surface area (Å²) in [6, 6.07) is 22.4. The number of likely N-dealkylation sites (N-methyl/N-ethyl adjacent to an activating group) is 1. The first-order chi connectivity index (χ1) is 16.0. The smallest absolute Gasteiger partial charge is 0.260 e. The summed E-state index contributed by atoms with van der Waals surface area (Å²) in [6.45, 7) is 11.9. The number of carbonyl (C=O) groups is 1. The van der Waals surface area contributed by atoms with Crippen LogP contribution in [0, 0.1) is 13.8 Å². The van der Waals surface area contributed by atoms with Gasteiger partial charge in [-0.1, -0.05) is 73.7 Å². The Hall–Kier alpha value is -3.02. The lowest BCUT2D eigenvalue weighted by atomic mass is 10.0. The summed E-state index contributed by atoms with van der Waals surface area (Å²) in [5, 5.41) is 0.767. The van der Waals surface area contributed by atoms with Gasteiger partial charge in [-0.2, -0.15) is 0 Å². The van der Waals surface area contributed by atoms with Crippen LogP contribution in [0.2, 0.25) is 0 Å². The van der Waals surface area contributed by atoms with E-state index in [9.17, 15) is 4.79 Å². The standard InChI is InChI=1S/C28H31N3OS/c1-5-30(6-2)18-19-31(28-29-26-21(4)20(3)12-17-25(26)33-28)27(32)24-15-13-23(14-16-24)22-10-8-7-9-11-22/h7-17H,5-6,18-19H2,1-4H3. The molecule has 1 heterocycles. The van der Waals surface area contributed by atoms with Gasteiger partial charge in [0.25, 0.3) is 5.91 Å². The summed E-state index contributed by atoms with van der Waals surface area (Å²) in [6.07, 6.45) is 0. The second kappa shape index (κ2) is 10.3. The van der Waals surface area contributed by atoms with E-state index in [1.54, 1.807) is 11.3 Å². The molecule has 0 spiro atoms. The predicted molar refractivity (Wildman–Crippen MR) is 140 cm³/mol. The van der Waals surface area contributed by atoms with Crippen molar-refractivity contribution in [2.75, 3.05) is 31.1 Å². The van der Waals surface area contributed by atoms with Crippen molar-refractivity contribution in [3.8, 4) is 11.1 Å². The maximum atomic E-state index is 13.7. The van der Waals surface area contributed by atoms with E-state index in [1.807, 2.05) is 47.4 Å². The highest BCUT2D eigenvalue weighted by molar-refractivity contribution is 7.22. The third-order valence-electron chi connectivity index (χ3n) is 6.32. The summed E-state index contributed by atoms with van der Waals surface area (Å²) >= 11 is 1.59. The molecule has 0 saturated carbocycles. The van der Waals surface area contributed by atoms with Crippen LogP contribution < -0.4 is 4.90 Å². The van der Waals surface area contributed by atoms with E-state index in [4.69, 9.17) is 4.98 Å². The maximum Gasteiger partial charge on any atom is 0.260 e. The fraction of sp³-hybridized carbons (Fsp3) is 0.286. The van der Waals surface area contributed by atoms with Crippen LogP contribution in [0.15, 0.2) is 66.7 Å². The molecule has 0 unspecified atom stereocenters. The molecular formula is C28H31N3OS. The molecule has 0 N–H and O–H groups in total. The lowest BCUT2D eigenvalue weighted by Crippen LogP contribution is -2.38. The Morgan fingerprint density at radius 1 is 0.848 bits per heavy atom. The number of hydrogen-bond donors (Lipinski definition) is 0. The number of rotatable bonds is 8. The molecule has 0 aliphatic heterocycles.